The van der Waals surface area contributed by atoms with Gasteiger partial charge in [0.1, 0.15) is 11.6 Å². The van der Waals surface area contributed by atoms with Crippen LogP contribution in [0.25, 0.3) is 16.5 Å². The van der Waals surface area contributed by atoms with Crippen LogP contribution in [-0.4, -0.2) is 13.2 Å². The lowest BCUT2D eigenvalue weighted by atomic mass is 10.2. The van der Waals surface area contributed by atoms with Crippen LogP contribution in [0.15, 0.2) is 29.4 Å². The summed E-state index contributed by atoms with van der Waals surface area (Å²) in [6.45, 7) is -2.96. The Kier molecular flexibility index (Phi) is 4.90. The zero-order valence-corrected chi connectivity index (χ0v) is 8.55. The van der Waals surface area contributed by atoms with Crippen LogP contribution in [0.1, 0.15) is 5.56 Å². The molecule has 0 fully saturated rings. The maximum absolute atomic E-state index is 12.8. The lowest BCUT2D eigenvalue weighted by Gasteiger charge is -2.07. The van der Waals surface area contributed by atoms with Crippen molar-refractivity contribution >= 4 is 6.08 Å². The molecule has 0 spiro atoms. The molecule has 0 saturated carbocycles. The SMILES string of the molecule is [N-]=[N+]=NCC=Cc1ccc(F)cc1OC(F)F. The Morgan fingerprint density at radius 1 is 1.47 bits per heavy atom. The molecule has 0 bridgehead atoms. The summed E-state index contributed by atoms with van der Waals surface area (Å²) in [4.78, 5) is 2.51. The third kappa shape index (κ3) is 4.48. The van der Waals surface area contributed by atoms with Crippen molar-refractivity contribution in [1.82, 2.24) is 0 Å². The van der Waals surface area contributed by atoms with E-state index in [0.717, 1.165) is 12.1 Å². The summed E-state index contributed by atoms with van der Waals surface area (Å²) in [5.41, 5.74) is 8.30. The standard InChI is InChI=1S/C10H8F3N3O/c11-8-4-3-7(2-1-5-15-16-14)9(6-8)17-10(12)13/h1-4,6,10H,5H2. The molecule has 0 amide bonds. The first kappa shape index (κ1) is 12.9. The number of halogens is 3. The molecule has 4 nitrogen and oxygen atoms in total. The monoisotopic (exact) mass is 243 g/mol. The maximum atomic E-state index is 12.8. The molecule has 1 rings (SSSR count). The number of ether oxygens (including phenoxy) is 1. The lowest BCUT2D eigenvalue weighted by molar-refractivity contribution is -0.0501. The summed E-state index contributed by atoms with van der Waals surface area (Å²) >= 11 is 0. The van der Waals surface area contributed by atoms with E-state index in [-0.39, 0.29) is 17.9 Å². The molecular weight excluding hydrogens is 235 g/mol. The predicted molar refractivity (Wildman–Crippen MR) is 56.1 cm³/mol. The van der Waals surface area contributed by atoms with E-state index >= 15 is 0 Å². The predicted octanol–water partition coefficient (Wildman–Crippen LogP) is 3.75. The van der Waals surface area contributed by atoms with E-state index in [0.29, 0.717) is 0 Å². The van der Waals surface area contributed by atoms with E-state index < -0.39 is 12.4 Å². The summed E-state index contributed by atoms with van der Waals surface area (Å²) in [6, 6.07) is 3.27. The second-order valence-electron chi connectivity index (χ2n) is 2.88. The molecule has 0 atom stereocenters. The van der Waals surface area contributed by atoms with Gasteiger partial charge in [0, 0.05) is 23.1 Å². The van der Waals surface area contributed by atoms with Crippen molar-refractivity contribution in [3.63, 3.8) is 0 Å². The number of hydrogen-bond donors (Lipinski definition) is 0. The van der Waals surface area contributed by atoms with Crippen molar-refractivity contribution in [1.29, 1.82) is 0 Å². The van der Waals surface area contributed by atoms with Crippen LogP contribution in [0.2, 0.25) is 0 Å². The number of hydrogen-bond acceptors (Lipinski definition) is 2. The first-order valence-corrected chi connectivity index (χ1v) is 4.55. The highest BCUT2D eigenvalue weighted by molar-refractivity contribution is 5.57. The molecule has 1 aromatic carbocycles. The average Bonchev–Trinajstić information content (AvgIpc) is 2.26. The zero-order valence-electron chi connectivity index (χ0n) is 8.55. The Balaban J connectivity index is 2.89. The minimum absolute atomic E-state index is 0.0714. The summed E-state index contributed by atoms with van der Waals surface area (Å²) in [6.07, 6.45) is 2.86. The van der Waals surface area contributed by atoms with Gasteiger partial charge in [0.25, 0.3) is 0 Å². The lowest BCUT2D eigenvalue weighted by Crippen LogP contribution is -2.03. The fraction of sp³-hybridized carbons (Fsp3) is 0.200. The normalized spacial score (nSPS) is 10.6. The van der Waals surface area contributed by atoms with Gasteiger partial charge in [-0.05, 0) is 17.7 Å². The van der Waals surface area contributed by atoms with Gasteiger partial charge >= 0.3 is 6.61 Å². The second-order valence-corrected chi connectivity index (χ2v) is 2.88. The van der Waals surface area contributed by atoms with E-state index in [1.807, 2.05) is 0 Å². The second kappa shape index (κ2) is 6.44. The highest BCUT2D eigenvalue weighted by Crippen LogP contribution is 2.23. The van der Waals surface area contributed by atoms with Gasteiger partial charge in [0.15, 0.2) is 0 Å². The molecule has 0 aliphatic heterocycles. The molecule has 0 N–H and O–H groups in total. The third-order valence-electron chi connectivity index (χ3n) is 1.74. The molecule has 7 heteroatoms. The largest absolute Gasteiger partial charge is 0.434 e. The molecule has 0 saturated heterocycles. The summed E-state index contributed by atoms with van der Waals surface area (Å²) in [7, 11) is 0. The molecule has 0 unspecified atom stereocenters. The quantitative estimate of drug-likeness (QED) is 0.441. The topological polar surface area (TPSA) is 58.0 Å². The van der Waals surface area contributed by atoms with E-state index in [9.17, 15) is 13.2 Å². The van der Waals surface area contributed by atoms with Crippen LogP contribution in [0.5, 0.6) is 5.75 Å². The van der Waals surface area contributed by atoms with Crippen LogP contribution in [0.4, 0.5) is 13.2 Å². The van der Waals surface area contributed by atoms with Crippen LogP contribution < -0.4 is 4.74 Å². The molecule has 17 heavy (non-hydrogen) atoms. The minimum atomic E-state index is -3.03. The fourth-order valence-electron chi connectivity index (χ4n) is 1.11. The molecule has 0 aliphatic carbocycles. The van der Waals surface area contributed by atoms with Gasteiger partial charge in [-0.25, -0.2) is 4.39 Å². The van der Waals surface area contributed by atoms with Gasteiger partial charge in [-0.1, -0.05) is 17.3 Å². The molecule has 0 heterocycles. The van der Waals surface area contributed by atoms with E-state index in [1.54, 1.807) is 0 Å². The Morgan fingerprint density at radius 3 is 2.88 bits per heavy atom. The number of rotatable bonds is 5. The summed E-state index contributed by atoms with van der Waals surface area (Å²) in [5.74, 6) is -0.940. The smallest absolute Gasteiger partial charge is 0.387 e. The Labute approximate surface area is 94.9 Å². The van der Waals surface area contributed by atoms with E-state index in [4.69, 9.17) is 5.53 Å². The summed E-state index contributed by atoms with van der Waals surface area (Å²) < 4.78 is 41.1. The van der Waals surface area contributed by atoms with Crippen molar-refractivity contribution < 1.29 is 17.9 Å². The van der Waals surface area contributed by atoms with Crippen LogP contribution in [-0.2, 0) is 0 Å². The van der Waals surface area contributed by atoms with E-state index in [2.05, 4.69) is 14.8 Å². The highest BCUT2D eigenvalue weighted by atomic mass is 19.3. The maximum Gasteiger partial charge on any atom is 0.387 e. The molecular formula is C10H8F3N3O. The van der Waals surface area contributed by atoms with Gasteiger partial charge in [-0.3, -0.25) is 0 Å². The number of alkyl halides is 2. The van der Waals surface area contributed by atoms with Gasteiger partial charge in [0.2, 0.25) is 0 Å². The zero-order chi connectivity index (χ0) is 12.7. The number of azide groups is 1. The van der Waals surface area contributed by atoms with Crippen LogP contribution in [0.3, 0.4) is 0 Å². The third-order valence-corrected chi connectivity index (χ3v) is 1.74. The van der Waals surface area contributed by atoms with Crippen molar-refractivity contribution in [2.24, 2.45) is 5.11 Å². The summed E-state index contributed by atoms with van der Waals surface area (Å²) in [5, 5.41) is 3.23. The van der Waals surface area contributed by atoms with Crippen molar-refractivity contribution in [3.05, 3.63) is 46.1 Å². The fourth-order valence-corrected chi connectivity index (χ4v) is 1.11. The number of nitrogens with zero attached hydrogens (tertiary/aromatic N) is 3. The Morgan fingerprint density at radius 2 is 2.24 bits per heavy atom. The Bertz CT molecular complexity index is 456. The van der Waals surface area contributed by atoms with Gasteiger partial charge in [-0.15, -0.1) is 0 Å². The van der Waals surface area contributed by atoms with Crippen LogP contribution >= 0.6 is 0 Å². The average molecular weight is 243 g/mol. The van der Waals surface area contributed by atoms with Crippen molar-refractivity contribution in [2.75, 3.05) is 6.54 Å². The van der Waals surface area contributed by atoms with E-state index in [1.165, 1.54) is 18.2 Å². The number of benzene rings is 1. The first-order valence-electron chi connectivity index (χ1n) is 4.55. The molecule has 0 radical (unpaired) electrons. The molecule has 90 valence electrons. The van der Waals surface area contributed by atoms with Gasteiger partial charge in [0.05, 0.1) is 0 Å². The molecule has 0 aliphatic rings. The molecule has 1 aromatic rings. The highest BCUT2D eigenvalue weighted by Gasteiger charge is 2.08. The van der Waals surface area contributed by atoms with Crippen molar-refractivity contribution in [2.45, 2.75) is 6.61 Å². The Hall–Kier alpha value is -2.14. The van der Waals surface area contributed by atoms with Gasteiger partial charge in [-0.2, -0.15) is 8.78 Å². The first-order chi connectivity index (χ1) is 8.13. The minimum Gasteiger partial charge on any atom is -0.434 e. The van der Waals surface area contributed by atoms with Crippen LogP contribution in [0, 0.1) is 5.82 Å². The van der Waals surface area contributed by atoms with Crippen molar-refractivity contribution in [3.8, 4) is 5.75 Å². The molecule has 0 aromatic heterocycles. The van der Waals surface area contributed by atoms with Gasteiger partial charge < -0.3 is 4.74 Å².